The number of aryl methyl sites for hydroxylation is 2. The van der Waals surface area contributed by atoms with E-state index in [0.717, 1.165) is 11.3 Å². The number of hydrogen-bond donors (Lipinski definition) is 1. The second-order valence-electron chi connectivity index (χ2n) is 5.44. The molecule has 2 aromatic rings. The molecule has 0 aliphatic carbocycles. The summed E-state index contributed by atoms with van der Waals surface area (Å²) in [6.45, 7) is 4.87. The third-order valence-electron chi connectivity index (χ3n) is 3.62. The molecule has 1 amide bonds. The number of methoxy groups -OCH3 is 2. The lowest BCUT2D eigenvalue weighted by molar-refractivity contribution is 0.0946. The SMILES string of the molecule is COc1ccc(C(=O)NCCOc2ccc(C)cc2C)cc1OC. The van der Waals surface area contributed by atoms with Crippen molar-refractivity contribution in [2.75, 3.05) is 27.4 Å². The fraction of sp³-hybridized carbons (Fsp3) is 0.316. The lowest BCUT2D eigenvalue weighted by Crippen LogP contribution is -2.28. The van der Waals surface area contributed by atoms with Gasteiger partial charge in [0.25, 0.3) is 5.91 Å². The molecule has 0 atom stereocenters. The second kappa shape index (κ2) is 8.24. The Labute approximate surface area is 142 Å². The van der Waals surface area contributed by atoms with Crippen molar-refractivity contribution in [2.45, 2.75) is 13.8 Å². The molecule has 5 nitrogen and oxygen atoms in total. The van der Waals surface area contributed by atoms with E-state index in [-0.39, 0.29) is 5.91 Å². The van der Waals surface area contributed by atoms with Gasteiger partial charge in [-0.15, -0.1) is 0 Å². The maximum absolute atomic E-state index is 12.2. The molecule has 0 aliphatic rings. The van der Waals surface area contributed by atoms with Gasteiger partial charge in [0.15, 0.2) is 11.5 Å². The minimum absolute atomic E-state index is 0.180. The van der Waals surface area contributed by atoms with Crippen molar-refractivity contribution in [3.8, 4) is 17.2 Å². The maximum atomic E-state index is 12.2. The average molecular weight is 329 g/mol. The van der Waals surface area contributed by atoms with Crippen molar-refractivity contribution in [3.63, 3.8) is 0 Å². The minimum atomic E-state index is -0.180. The van der Waals surface area contributed by atoms with Gasteiger partial charge >= 0.3 is 0 Å². The minimum Gasteiger partial charge on any atom is -0.493 e. The molecule has 0 saturated carbocycles. The van der Waals surface area contributed by atoms with Crippen LogP contribution in [-0.2, 0) is 0 Å². The van der Waals surface area contributed by atoms with Crippen LogP contribution in [0.25, 0.3) is 0 Å². The van der Waals surface area contributed by atoms with Crippen LogP contribution >= 0.6 is 0 Å². The first kappa shape index (κ1) is 17.7. The summed E-state index contributed by atoms with van der Waals surface area (Å²) in [5.74, 6) is 1.77. The number of carbonyl (C=O) groups excluding carboxylic acids is 1. The van der Waals surface area contributed by atoms with Gasteiger partial charge in [-0.05, 0) is 43.7 Å². The highest BCUT2D eigenvalue weighted by Gasteiger charge is 2.10. The maximum Gasteiger partial charge on any atom is 0.251 e. The fourth-order valence-corrected chi connectivity index (χ4v) is 2.37. The third-order valence-corrected chi connectivity index (χ3v) is 3.62. The van der Waals surface area contributed by atoms with E-state index in [0.29, 0.717) is 30.2 Å². The molecule has 2 rings (SSSR count). The summed E-state index contributed by atoms with van der Waals surface area (Å²) >= 11 is 0. The Kier molecular flexibility index (Phi) is 6.07. The quantitative estimate of drug-likeness (QED) is 0.793. The van der Waals surface area contributed by atoms with Gasteiger partial charge in [-0.2, -0.15) is 0 Å². The summed E-state index contributed by atoms with van der Waals surface area (Å²) in [7, 11) is 3.10. The first-order chi connectivity index (χ1) is 11.5. The Morgan fingerprint density at radius 2 is 1.67 bits per heavy atom. The molecule has 0 saturated heterocycles. The number of amides is 1. The number of hydrogen-bond acceptors (Lipinski definition) is 4. The molecular formula is C19H23NO4. The zero-order chi connectivity index (χ0) is 17.5. The summed E-state index contributed by atoms with van der Waals surface area (Å²) in [6.07, 6.45) is 0. The standard InChI is InChI=1S/C19H23NO4/c1-13-5-7-16(14(2)11-13)24-10-9-20-19(21)15-6-8-17(22-3)18(12-15)23-4/h5-8,11-12H,9-10H2,1-4H3,(H,20,21). The van der Waals surface area contributed by atoms with Crippen LogP contribution in [0.15, 0.2) is 36.4 Å². The van der Waals surface area contributed by atoms with E-state index >= 15 is 0 Å². The fourth-order valence-electron chi connectivity index (χ4n) is 2.37. The monoisotopic (exact) mass is 329 g/mol. The van der Waals surface area contributed by atoms with E-state index < -0.39 is 0 Å². The Balaban J connectivity index is 1.87. The average Bonchev–Trinajstić information content (AvgIpc) is 2.59. The molecule has 0 spiro atoms. The van der Waals surface area contributed by atoms with Crippen molar-refractivity contribution in [2.24, 2.45) is 0 Å². The molecule has 0 aliphatic heterocycles. The van der Waals surface area contributed by atoms with Crippen LogP contribution < -0.4 is 19.5 Å². The van der Waals surface area contributed by atoms with E-state index in [9.17, 15) is 4.79 Å². The Morgan fingerprint density at radius 3 is 2.33 bits per heavy atom. The molecular weight excluding hydrogens is 306 g/mol. The van der Waals surface area contributed by atoms with Crippen molar-refractivity contribution in [1.29, 1.82) is 0 Å². The molecule has 5 heteroatoms. The van der Waals surface area contributed by atoms with Crippen LogP contribution in [0.2, 0.25) is 0 Å². The molecule has 0 unspecified atom stereocenters. The van der Waals surface area contributed by atoms with Gasteiger partial charge in [0.1, 0.15) is 12.4 Å². The lowest BCUT2D eigenvalue weighted by Gasteiger charge is -2.12. The van der Waals surface area contributed by atoms with Crippen molar-refractivity contribution >= 4 is 5.91 Å². The largest absolute Gasteiger partial charge is 0.493 e. The van der Waals surface area contributed by atoms with Gasteiger partial charge < -0.3 is 19.5 Å². The van der Waals surface area contributed by atoms with Gasteiger partial charge in [0, 0.05) is 5.56 Å². The summed E-state index contributed by atoms with van der Waals surface area (Å²) < 4.78 is 16.1. The van der Waals surface area contributed by atoms with Crippen LogP contribution in [-0.4, -0.2) is 33.3 Å². The first-order valence-corrected chi connectivity index (χ1v) is 7.75. The van der Waals surface area contributed by atoms with Crippen LogP contribution in [0.1, 0.15) is 21.5 Å². The summed E-state index contributed by atoms with van der Waals surface area (Å²) in [5.41, 5.74) is 2.79. The highest BCUT2D eigenvalue weighted by atomic mass is 16.5. The summed E-state index contributed by atoms with van der Waals surface area (Å²) in [4.78, 5) is 12.2. The van der Waals surface area contributed by atoms with E-state index in [4.69, 9.17) is 14.2 Å². The lowest BCUT2D eigenvalue weighted by atomic mass is 10.1. The predicted molar refractivity (Wildman–Crippen MR) is 93.3 cm³/mol. The smallest absolute Gasteiger partial charge is 0.251 e. The van der Waals surface area contributed by atoms with E-state index in [1.165, 1.54) is 12.7 Å². The molecule has 128 valence electrons. The Morgan fingerprint density at radius 1 is 0.958 bits per heavy atom. The van der Waals surface area contributed by atoms with Crippen LogP contribution in [0.5, 0.6) is 17.2 Å². The highest BCUT2D eigenvalue weighted by molar-refractivity contribution is 5.94. The summed E-state index contributed by atoms with van der Waals surface area (Å²) in [5, 5.41) is 2.83. The molecule has 2 aromatic carbocycles. The van der Waals surface area contributed by atoms with Gasteiger partial charge in [0.05, 0.1) is 20.8 Å². The Bertz CT molecular complexity index is 713. The van der Waals surface area contributed by atoms with E-state index in [2.05, 4.69) is 11.4 Å². The van der Waals surface area contributed by atoms with Crippen molar-refractivity contribution in [1.82, 2.24) is 5.32 Å². The van der Waals surface area contributed by atoms with Crippen LogP contribution in [0, 0.1) is 13.8 Å². The normalized spacial score (nSPS) is 10.2. The molecule has 0 aromatic heterocycles. The number of ether oxygens (including phenoxy) is 3. The number of carbonyl (C=O) groups is 1. The molecule has 24 heavy (non-hydrogen) atoms. The summed E-state index contributed by atoms with van der Waals surface area (Å²) in [6, 6.07) is 11.1. The van der Waals surface area contributed by atoms with Gasteiger partial charge in [-0.1, -0.05) is 17.7 Å². The molecule has 0 bridgehead atoms. The van der Waals surface area contributed by atoms with Crippen molar-refractivity contribution in [3.05, 3.63) is 53.1 Å². The molecule has 0 radical (unpaired) electrons. The second-order valence-corrected chi connectivity index (χ2v) is 5.44. The first-order valence-electron chi connectivity index (χ1n) is 7.75. The molecule has 1 N–H and O–H groups in total. The third kappa shape index (κ3) is 4.41. The highest BCUT2D eigenvalue weighted by Crippen LogP contribution is 2.27. The van der Waals surface area contributed by atoms with Crippen LogP contribution in [0.3, 0.4) is 0 Å². The van der Waals surface area contributed by atoms with Crippen molar-refractivity contribution < 1.29 is 19.0 Å². The molecule has 0 heterocycles. The number of nitrogens with one attached hydrogen (secondary N) is 1. The van der Waals surface area contributed by atoms with Gasteiger partial charge in [-0.25, -0.2) is 0 Å². The number of benzene rings is 2. The number of rotatable bonds is 7. The Hall–Kier alpha value is -2.69. The van der Waals surface area contributed by atoms with E-state index in [1.807, 2.05) is 26.0 Å². The zero-order valence-corrected chi connectivity index (χ0v) is 14.5. The molecule has 0 fully saturated rings. The van der Waals surface area contributed by atoms with Crippen LogP contribution in [0.4, 0.5) is 0 Å². The van der Waals surface area contributed by atoms with E-state index in [1.54, 1.807) is 25.3 Å². The zero-order valence-electron chi connectivity index (χ0n) is 14.5. The predicted octanol–water partition coefficient (Wildman–Crippen LogP) is 3.13. The topological polar surface area (TPSA) is 56.8 Å². The van der Waals surface area contributed by atoms with Gasteiger partial charge in [-0.3, -0.25) is 4.79 Å². The van der Waals surface area contributed by atoms with Gasteiger partial charge in [0.2, 0.25) is 0 Å².